The fourth-order valence-corrected chi connectivity index (χ4v) is 9.52. The zero-order chi connectivity index (χ0) is 21.8. The van der Waals surface area contributed by atoms with Crippen LogP contribution in [0.25, 0.3) is 0 Å². The predicted molar refractivity (Wildman–Crippen MR) is 132 cm³/mol. The van der Waals surface area contributed by atoms with Crippen LogP contribution in [-0.2, 0) is 0 Å². The lowest BCUT2D eigenvalue weighted by Crippen LogP contribution is -2.51. The van der Waals surface area contributed by atoms with E-state index in [1.165, 1.54) is 63.4 Å². The highest BCUT2D eigenvalue weighted by Gasteiger charge is 2.58. The Balaban J connectivity index is 1.28. The van der Waals surface area contributed by atoms with Gasteiger partial charge in [0.15, 0.2) is 0 Å². The smallest absolute Gasteiger partial charge is 0.0294 e. The number of hydrogen-bond acceptors (Lipinski definition) is 1. The van der Waals surface area contributed by atoms with E-state index < -0.39 is 0 Å². The van der Waals surface area contributed by atoms with Crippen LogP contribution in [0, 0.1) is 46.3 Å². The molecule has 4 saturated carbocycles. The van der Waals surface area contributed by atoms with Crippen molar-refractivity contribution in [2.75, 3.05) is 0 Å². The van der Waals surface area contributed by atoms with E-state index in [-0.39, 0.29) is 0 Å². The second-order valence-electron chi connectivity index (χ2n) is 13.2. The topological polar surface area (TPSA) is 12.0 Å². The minimum Gasteiger partial charge on any atom is -0.307 e. The van der Waals surface area contributed by atoms with Gasteiger partial charge in [0.1, 0.15) is 0 Å². The fourth-order valence-electron chi connectivity index (χ4n) is 9.52. The normalized spacial score (nSPS) is 43.4. The number of rotatable bonds is 4. The lowest BCUT2D eigenvalue weighted by molar-refractivity contribution is -0.0787. The molecule has 1 N–H and O–H groups in total. The first-order valence-corrected chi connectivity index (χ1v) is 13.6. The second kappa shape index (κ2) is 8.19. The molecule has 4 aliphatic rings. The van der Waals surface area contributed by atoms with Crippen molar-refractivity contribution in [1.29, 1.82) is 0 Å². The molecule has 0 bridgehead atoms. The van der Waals surface area contributed by atoms with Gasteiger partial charge in [0.05, 0.1) is 0 Å². The molecule has 0 radical (unpaired) electrons. The lowest BCUT2D eigenvalue weighted by atomic mass is 9.48. The molecule has 1 heteroatoms. The number of fused-ring (bicyclic) bond motifs is 5. The zero-order valence-electron chi connectivity index (χ0n) is 20.9. The van der Waals surface area contributed by atoms with E-state index in [1.54, 1.807) is 0 Å². The van der Waals surface area contributed by atoms with E-state index in [2.05, 4.69) is 70.3 Å². The van der Waals surface area contributed by atoms with Gasteiger partial charge in [-0.3, -0.25) is 0 Å². The number of benzene rings is 1. The Hall–Kier alpha value is -0.820. The highest BCUT2D eigenvalue weighted by molar-refractivity contribution is 5.18. The summed E-state index contributed by atoms with van der Waals surface area (Å²) in [7, 11) is 0. The Morgan fingerprint density at radius 3 is 2.32 bits per heavy atom. The molecule has 0 aliphatic heterocycles. The summed E-state index contributed by atoms with van der Waals surface area (Å²) in [6.45, 7) is 12.6. The van der Waals surface area contributed by atoms with Crippen LogP contribution < -0.4 is 5.32 Å². The highest BCUT2D eigenvalue weighted by Crippen LogP contribution is 2.65. The Labute approximate surface area is 192 Å². The lowest BCUT2D eigenvalue weighted by Gasteiger charge is -2.57. The highest BCUT2D eigenvalue weighted by atomic mass is 15.0. The van der Waals surface area contributed by atoms with Gasteiger partial charge in [-0.25, -0.2) is 0 Å². The molecule has 31 heavy (non-hydrogen) atoms. The van der Waals surface area contributed by atoms with E-state index in [4.69, 9.17) is 0 Å². The summed E-state index contributed by atoms with van der Waals surface area (Å²) in [5.74, 6) is 6.02. The summed E-state index contributed by atoms with van der Waals surface area (Å²) >= 11 is 0. The van der Waals surface area contributed by atoms with Gasteiger partial charge < -0.3 is 5.32 Å². The molecule has 5 rings (SSSR count). The van der Waals surface area contributed by atoms with E-state index in [1.807, 2.05) is 0 Å². The summed E-state index contributed by atoms with van der Waals surface area (Å²) in [5.41, 5.74) is 2.59. The Bertz CT molecular complexity index is 753. The summed E-state index contributed by atoms with van der Waals surface area (Å²) in [5, 5.41) is 4.02. The van der Waals surface area contributed by atoms with Crippen molar-refractivity contribution in [3.63, 3.8) is 0 Å². The quantitative estimate of drug-likeness (QED) is 0.519. The van der Waals surface area contributed by atoms with Crippen LogP contribution in [0.5, 0.6) is 0 Å². The second-order valence-corrected chi connectivity index (χ2v) is 13.2. The monoisotopic (exact) mass is 421 g/mol. The van der Waals surface area contributed by atoms with Crippen molar-refractivity contribution < 1.29 is 0 Å². The average Bonchev–Trinajstić information content (AvgIpc) is 3.10. The molecule has 1 nitrogen and oxygen atoms in total. The zero-order valence-corrected chi connectivity index (χ0v) is 20.9. The minimum atomic E-state index is 0.441. The van der Waals surface area contributed by atoms with Gasteiger partial charge in [0.25, 0.3) is 0 Å². The molecule has 172 valence electrons. The Kier molecular flexibility index (Phi) is 5.81. The summed E-state index contributed by atoms with van der Waals surface area (Å²) in [4.78, 5) is 0. The standard InChI is InChI=1S/C30H47N/c1-20(22-9-7-6-8-10-22)31-21(2)27-13-14-28-26-12-11-23-19-29(3,4)17-15-24(23)25(26)16-18-30(27,28)5/h6-10,20-21,23-28,31H,11-19H2,1-5H3. The maximum absolute atomic E-state index is 4.02. The molecule has 0 aromatic heterocycles. The first kappa shape index (κ1) is 22.0. The van der Waals surface area contributed by atoms with Crippen LogP contribution in [0.15, 0.2) is 30.3 Å². The van der Waals surface area contributed by atoms with Crippen molar-refractivity contribution in [3.05, 3.63) is 35.9 Å². The van der Waals surface area contributed by atoms with Gasteiger partial charge in [0.2, 0.25) is 0 Å². The first-order chi connectivity index (χ1) is 14.8. The molecule has 0 saturated heterocycles. The van der Waals surface area contributed by atoms with E-state index in [0.29, 0.717) is 22.9 Å². The van der Waals surface area contributed by atoms with Crippen molar-refractivity contribution >= 4 is 0 Å². The molecular weight excluding hydrogens is 374 g/mol. The molecule has 0 amide bonds. The van der Waals surface area contributed by atoms with E-state index in [0.717, 1.165) is 35.5 Å². The predicted octanol–water partition coefficient (Wildman–Crippen LogP) is 8.02. The molecule has 9 unspecified atom stereocenters. The molecule has 1 aromatic carbocycles. The van der Waals surface area contributed by atoms with Crippen LogP contribution in [0.1, 0.15) is 104 Å². The fraction of sp³-hybridized carbons (Fsp3) is 0.800. The number of nitrogens with one attached hydrogen (secondary N) is 1. The maximum atomic E-state index is 4.02. The van der Waals surface area contributed by atoms with Crippen molar-refractivity contribution in [3.8, 4) is 0 Å². The molecule has 0 spiro atoms. The van der Waals surface area contributed by atoms with Crippen molar-refractivity contribution in [2.45, 2.75) is 104 Å². The molecule has 4 fully saturated rings. The van der Waals surface area contributed by atoms with E-state index in [9.17, 15) is 0 Å². The summed E-state index contributed by atoms with van der Waals surface area (Å²) in [6.07, 6.45) is 13.5. The van der Waals surface area contributed by atoms with Gasteiger partial charge in [-0.2, -0.15) is 0 Å². The third-order valence-electron chi connectivity index (χ3n) is 11.0. The van der Waals surface area contributed by atoms with Crippen LogP contribution in [0.3, 0.4) is 0 Å². The van der Waals surface area contributed by atoms with Crippen LogP contribution in [0.4, 0.5) is 0 Å². The molecule has 0 heterocycles. The Morgan fingerprint density at radius 2 is 1.55 bits per heavy atom. The van der Waals surface area contributed by atoms with Crippen molar-refractivity contribution in [2.24, 2.45) is 46.3 Å². The third-order valence-corrected chi connectivity index (χ3v) is 11.0. The van der Waals surface area contributed by atoms with Gasteiger partial charge >= 0.3 is 0 Å². The first-order valence-electron chi connectivity index (χ1n) is 13.6. The van der Waals surface area contributed by atoms with Crippen LogP contribution in [0.2, 0.25) is 0 Å². The SMILES string of the molecule is CC(NC(C)C1CCC2C3CCC4CC(C)(C)CCC4C3CCC12C)c1ccccc1. The van der Waals surface area contributed by atoms with Crippen molar-refractivity contribution in [1.82, 2.24) is 5.32 Å². The minimum absolute atomic E-state index is 0.441. The third kappa shape index (κ3) is 3.92. The largest absolute Gasteiger partial charge is 0.307 e. The van der Waals surface area contributed by atoms with E-state index >= 15 is 0 Å². The molecule has 4 aliphatic carbocycles. The average molecular weight is 422 g/mol. The number of hydrogen-bond donors (Lipinski definition) is 1. The van der Waals surface area contributed by atoms with Crippen LogP contribution in [-0.4, -0.2) is 6.04 Å². The Morgan fingerprint density at radius 1 is 0.806 bits per heavy atom. The molecule has 1 aromatic rings. The maximum Gasteiger partial charge on any atom is 0.0294 e. The van der Waals surface area contributed by atoms with Crippen LogP contribution >= 0.6 is 0 Å². The van der Waals surface area contributed by atoms with Gasteiger partial charge in [0, 0.05) is 12.1 Å². The molecule has 9 atom stereocenters. The summed E-state index contributed by atoms with van der Waals surface area (Å²) < 4.78 is 0. The van der Waals surface area contributed by atoms with Gasteiger partial charge in [-0.15, -0.1) is 0 Å². The summed E-state index contributed by atoms with van der Waals surface area (Å²) in [6, 6.07) is 12.1. The molecular formula is C30H47N. The van der Waals surface area contributed by atoms with Gasteiger partial charge in [-0.1, -0.05) is 51.1 Å². The van der Waals surface area contributed by atoms with Gasteiger partial charge in [-0.05, 0) is 124 Å².